The molecule has 1 saturated carbocycles. The first-order valence-corrected chi connectivity index (χ1v) is 10.2. The Bertz CT molecular complexity index is 1060. The third kappa shape index (κ3) is 4.79. The lowest BCUT2D eigenvalue weighted by molar-refractivity contribution is -0.146. The Morgan fingerprint density at radius 2 is 1.70 bits per heavy atom. The third-order valence-electron chi connectivity index (χ3n) is 6.02. The van der Waals surface area contributed by atoms with Gasteiger partial charge in [0.2, 0.25) is 0 Å². The Kier molecular flexibility index (Phi) is 6.67. The van der Waals surface area contributed by atoms with E-state index < -0.39 is 51.9 Å². The lowest BCUT2D eigenvalue weighted by Crippen LogP contribution is -2.56. The van der Waals surface area contributed by atoms with E-state index in [0.717, 1.165) is 12.1 Å². The summed E-state index contributed by atoms with van der Waals surface area (Å²) in [7, 11) is 1.33. The number of nitrogens with one attached hydrogen (secondary N) is 1. The Morgan fingerprint density at radius 1 is 1.12 bits per heavy atom. The van der Waals surface area contributed by atoms with Crippen LogP contribution in [0.15, 0.2) is 30.3 Å². The van der Waals surface area contributed by atoms with E-state index in [-0.39, 0.29) is 30.4 Å². The van der Waals surface area contributed by atoms with Crippen LogP contribution in [-0.4, -0.2) is 29.6 Å². The van der Waals surface area contributed by atoms with Gasteiger partial charge in [0, 0.05) is 5.56 Å². The van der Waals surface area contributed by atoms with Gasteiger partial charge in [-0.25, -0.2) is 13.6 Å². The number of aliphatic carboxylic acids is 1. The van der Waals surface area contributed by atoms with Crippen molar-refractivity contribution >= 4 is 11.9 Å². The van der Waals surface area contributed by atoms with Crippen LogP contribution >= 0.6 is 0 Å². The summed E-state index contributed by atoms with van der Waals surface area (Å²) in [5.74, 6) is -5.76. The van der Waals surface area contributed by atoms with Gasteiger partial charge in [-0.2, -0.15) is 13.2 Å². The van der Waals surface area contributed by atoms with E-state index >= 15 is 4.39 Å². The molecule has 2 aromatic rings. The predicted molar refractivity (Wildman–Crippen MR) is 109 cm³/mol. The lowest BCUT2D eigenvalue weighted by atomic mass is 9.77. The van der Waals surface area contributed by atoms with Crippen LogP contribution in [0.1, 0.15) is 48.5 Å². The molecule has 2 aromatic carbocycles. The standard InChI is InChI=1S/C23H22F5NO4/c1-12-7-9-22(10-8-12,21(31)32)29-20(30)18-16(24)11-15(23(26,27)28)17(19(18)25)13-3-5-14(33-2)6-4-13/h3-6,11-12H,7-10H2,1-2H3,(H,29,30)(H,31,32). The number of methoxy groups -OCH3 is 1. The zero-order chi connectivity index (χ0) is 24.6. The molecule has 3 rings (SSSR count). The van der Waals surface area contributed by atoms with Gasteiger partial charge in [-0.3, -0.25) is 4.79 Å². The van der Waals surface area contributed by atoms with E-state index in [1.165, 1.54) is 19.2 Å². The number of alkyl halides is 3. The molecule has 1 amide bonds. The Balaban J connectivity index is 2.12. The van der Waals surface area contributed by atoms with Crippen molar-refractivity contribution in [3.05, 3.63) is 53.1 Å². The molecule has 1 aliphatic carbocycles. The molecule has 33 heavy (non-hydrogen) atoms. The van der Waals surface area contributed by atoms with Crippen molar-refractivity contribution in [3.8, 4) is 16.9 Å². The number of carbonyl (C=O) groups excluding carboxylic acids is 1. The van der Waals surface area contributed by atoms with Crippen LogP contribution in [0.25, 0.3) is 11.1 Å². The fourth-order valence-corrected chi connectivity index (χ4v) is 4.02. The first-order chi connectivity index (χ1) is 15.4. The molecule has 10 heteroatoms. The Hall–Kier alpha value is -3.17. The van der Waals surface area contributed by atoms with Crippen molar-refractivity contribution in [2.45, 2.75) is 44.3 Å². The molecule has 0 aliphatic heterocycles. The number of ether oxygens (including phenoxy) is 1. The average Bonchev–Trinajstić information content (AvgIpc) is 2.74. The van der Waals surface area contributed by atoms with Gasteiger partial charge in [-0.05, 0) is 55.4 Å². The van der Waals surface area contributed by atoms with Gasteiger partial charge in [0.15, 0.2) is 0 Å². The summed E-state index contributed by atoms with van der Waals surface area (Å²) in [5.41, 5.74) is -5.90. The Labute approximate surface area is 186 Å². The summed E-state index contributed by atoms with van der Waals surface area (Å²) in [5, 5.41) is 11.9. The van der Waals surface area contributed by atoms with E-state index in [1.54, 1.807) is 0 Å². The number of carboxylic acids is 1. The third-order valence-corrected chi connectivity index (χ3v) is 6.02. The first-order valence-electron chi connectivity index (χ1n) is 10.2. The zero-order valence-electron chi connectivity index (χ0n) is 17.9. The predicted octanol–water partition coefficient (Wildman–Crippen LogP) is 5.42. The van der Waals surface area contributed by atoms with E-state index in [0.29, 0.717) is 18.6 Å². The molecule has 0 heterocycles. The van der Waals surface area contributed by atoms with Crippen LogP contribution in [0.5, 0.6) is 5.75 Å². The van der Waals surface area contributed by atoms with Gasteiger partial charge in [-0.1, -0.05) is 19.1 Å². The lowest BCUT2D eigenvalue weighted by Gasteiger charge is -2.36. The summed E-state index contributed by atoms with van der Waals surface area (Å²) >= 11 is 0. The average molecular weight is 471 g/mol. The quantitative estimate of drug-likeness (QED) is 0.571. The van der Waals surface area contributed by atoms with Crippen molar-refractivity contribution in [3.63, 3.8) is 0 Å². The van der Waals surface area contributed by atoms with Gasteiger partial charge < -0.3 is 15.2 Å². The zero-order valence-corrected chi connectivity index (χ0v) is 17.9. The SMILES string of the molecule is COc1ccc(-c2c(C(F)(F)F)cc(F)c(C(=O)NC3(C(=O)O)CCC(C)CC3)c2F)cc1. The minimum absolute atomic E-state index is 0.0322. The highest BCUT2D eigenvalue weighted by molar-refractivity contribution is 5.99. The van der Waals surface area contributed by atoms with Crippen molar-refractivity contribution in [1.82, 2.24) is 5.32 Å². The summed E-state index contributed by atoms with van der Waals surface area (Å²) in [4.78, 5) is 24.7. The minimum atomic E-state index is -5.12. The van der Waals surface area contributed by atoms with E-state index in [9.17, 15) is 32.3 Å². The van der Waals surface area contributed by atoms with E-state index in [4.69, 9.17) is 4.74 Å². The molecule has 178 valence electrons. The maximum atomic E-state index is 15.4. The molecule has 1 aliphatic rings. The molecule has 1 fully saturated rings. The number of hydrogen-bond acceptors (Lipinski definition) is 3. The molecule has 0 spiro atoms. The van der Waals surface area contributed by atoms with Crippen LogP contribution in [0.3, 0.4) is 0 Å². The van der Waals surface area contributed by atoms with Crippen molar-refractivity contribution < 1.29 is 41.4 Å². The molecule has 2 N–H and O–H groups in total. The number of amides is 1. The maximum absolute atomic E-state index is 15.4. The van der Waals surface area contributed by atoms with Crippen LogP contribution in [0, 0.1) is 17.6 Å². The second-order valence-corrected chi connectivity index (χ2v) is 8.22. The van der Waals surface area contributed by atoms with Gasteiger partial charge in [-0.15, -0.1) is 0 Å². The molecule has 0 bridgehead atoms. The fourth-order valence-electron chi connectivity index (χ4n) is 4.02. The number of carboxylic acid groups (broad SMARTS) is 1. The van der Waals surface area contributed by atoms with Gasteiger partial charge in [0.25, 0.3) is 5.91 Å². The molecule has 0 saturated heterocycles. The highest BCUT2D eigenvalue weighted by Crippen LogP contribution is 2.41. The maximum Gasteiger partial charge on any atom is 0.417 e. The summed E-state index contributed by atoms with van der Waals surface area (Å²) in [6, 6.07) is 4.93. The topological polar surface area (TPSA) is 75.6 Å². The number of rotatable bonds is 5. The van der Waals surface area contributed by atoms with Crippen LogP contribution in [0.4, 0.5) is 22.0 Å². The minimum Gasteiger partial charge on any atom is -0.497 e. The van der Waals surface area contributed by atoms with Crippen molar-refractivity contribution in [2.75, 3.05) is 7.11 Å². The molecule has 0 atom stereocenters. The van der Waals surface area contributed by atoms with E-state index in [1.807, 2.05) is 6.92 Å². The van der Waals surface area contributed by atoms with E-state index in [2.05, 4.69) is 5.32 Å². The summed E-state index contributed by atoms with van der Waals surface area (Å²) in [6.45, 7) is 1.91. The molecular weight excluding hydrogens is 449 g/mol. The van der Waals surface area contributed by atoms with Gasteiger partial charge >= 0.3 is 12.1 Å². The summed E-state index contributed by atoms with van der Waals surface area (Å²) in [6.07, 6.45) is -4.13. The van der Waals surface area contributed by atoms with Gasteiger partial charge in [0.1, 0.15) is 28.5 Å². The van der Waals surface area contributed by atoms with Crippen LogP contribution in [0.2, 0.25) is 0 Å². The highest BCUT2D eigenvalue weighted by atomic mass is 19.4. The van der Waals surface area contributed by atoms with Crippen LogP contribution < -0.4 is 10.1 Å². The second-order valence-electron chi connectivity index (χ2n) is 8.22. The molecule has 0 unspecified atom stereocenters. The molecular formula is C23H22F5NO4. The Morgan fingerprint density at radius 3 is 2.18 bits per heavy atom. The largest absolute Gasteiger partial charge is 0.497 e. The van der Waals surface area contributed by atoms with Crippen molar-refractivity contribution in [1.29, 1.82) is 0 Å². The normalized spacial score (nSPS) is 20.9. The van der Waals surface area contributed by atoms with Crippen molar-refractivity contribution in [2.24, 2.45) is 5.92 Å². The van der Waals surface area contributed by atoms with Crippen LogP contribution in [-0.2, 0) is 11.0 Å². The smallest absolute Gasteiger partial charge is 0.417 e. The monoisotopic (exact) mass is 471 g/mol. The number of benzene rings is 2. The molecule has 5 nitrogen and oxygen atoms in total. The highest BCUT2D eigenvalue weighted by Gasteiger charge is 2.44. The fraction of sp³-hybridized carbons (Fsp3) is 0.391. The first kappa shape index (κ1) is 24.5. The number of carbonyl (C=O) groups is 2. The molecule has 0 aromatic heterocycles. The molecule has 0 radical (unpaired) electrons. The second kappa shape index (κ2) is 8.99. The summed E-state index contributed by atoms with van der Waals surface area (Å²) < 4.78 is 75.9. The van der Waals surface area contributed by atoms with Gasteiger partial charge in [0.05, 0.1) is 12.7 Å². The number of hydrogen-bond donors (Lipinski definition) is 2. The number of halogens is 5.